The normalized spacial score (nSPS) is 26.4. The molecule has 0 saturated heterocycles. The number of halogens is 2. The van der Waals surface area contributed by atoms with Gasteiger partial charge in [-0.15, -0.1) is 0 Å². The topological polar surface area (TPSA) is 33.4 Å². The molecule has 2 nitrogen and oxygen atoms in total. The minimum absolute atomic E-state index is 0.478. The third kappa shape index (κ3) is 1.33. The van der Waals surface area contributed by atoms with Crippen LogP contribution in [0.4, 0.5) is 8.78 Å². The summed E-state index contributed by atoms with van der Waals surface area (Å²) in [7, 11) is 0. The van der Waals surface area contributed by atoms with Gasteiger partial charge in [-0.3, -0.25) is 0 Å². The van der Waals surface area contributed by atoms with Crippen LogP contribution in [-0.4, -0.2) is 17.6 Å². The maximum absolute atomic E-state index is 13.5. The molecule has 0 spiro atoms. The number of aliphatic hydroxyl groups is 1. The highest BCUT2D eigenvalue weighted by Crippen LogP contribution is 2.63. The highest BCUT2D eigenvalue weighted by atomic mass is 19.3. The third-order valence-corrected chi connectivity index (χ3v) is 3.57. The Balaban J connectivity index is 2.11. The van der Waals surface area contributed by atoms with Crippen LogP contribution in [0, 0.1) is 12.8 Å². The average molecular weight is 238 g/mol. The number of hydrogen-bond donors (Lipinski definition) is 1. The van der Waals surface area contributed by atoms with Gasteiger partial charge in [-0.1, -0.05) is 0 Å². The van der Waals surface area contributed by atoms with E-state index in [0.717, 1.165) is 11.1 Å². The molecule has 1 heterocycles. The van der Waals surface area contributed by atoms with Crippen molar-refractivity contribution in [3.8, 4) is 11.3 Å². The second-order valence-corrected chi connectivity index (χ2v) is 4.57. The Morgan fingerprint density at radius 2 is 2.24 bits per heavy atom. The lowest BCUT2D eigenvalue weighted by molar-refractivity contribution is 0.0785. The molecule has 1 fully saturated rings. The first-order valence-electron chi connectivity index (χ1n) is 5.52. The molecular formula is C13H12F2O2. The maximum atomic E-state index is 13.5. The molecule has 0 aromatic heterocycles. The molecule has 1 saturated carbocycles. The fourth-order valence-electron chi connectivity index (χ4n) is 2.64. The quantitative estimate of drug-likeness (QED) is 0.872. The molecule has 1 aliphatic heterocycles. The molecule has 3 rings (SSSR count). The predicted octanol–water partition coefficient (Wildman–Crippen LogP) is 3.03. The Bertz CT molecular complexity index is 532. The molecule has 2 aliphatic carbocycles. The van der Waals surface area contributed by atoms with Crippen LogP contribution in [0.1, 0.15) is 17.0 Å². The van der Waals surface area contributed by atoms with Gasteiger partial charge in [-0.2, -0.15) is 0 Å². The molecule has 2 atom stereocenters. The van der Waals surface area contributed by atoms with Crippen molar-refractivity contribution >= 4 is 0 Å². The Hall–Kier alpha value is -1.42. The minimum atomic E-state index is -2.80. The molecule has 90 valence electrons. The van der Waals surface area contributed by atoms with Crippen molar-refractivity contribution in [3.63, 3.8) is 0 Å². The Morgan fingerprint density at radius 1 is 1.47 bits per heavy atom. The van der Waals surface area contributed by atoms with E-state index in [0.29, 0.717) is 11.3 Å². The third-order valence-electron chi connectivity index (χ3n) is 3.57. The monoisotopic (exact) mass is 238 g/mol. The lowest BCUT2D eigenvalue weighted by atomic mass is 10.0. The summed E-state index contributed by atoms with van der Waals surface area (Å²) in [6.45, 7) is 1.32. The van der Waals surface area contributed by atoms with Gasteiger partial charge in [0.05, 0.1) is 24.7 Å². The smallest absolute Gasteiger partial charge is 0.261 e. The van der Waals surface area contributed by atoms with Crippen molar-refractivity contribution in [1.29, 1.82) is 0 Å². The summed E-state index contributed by atoms with van der Waals surface area (Å²) in [4.78, 5) is 0. The van der Waals surface area contributed by atoms with Gasteiger partial charge in [0.2, 0.25) is 0 Å². The molecule has 0 aromatic carbocycles. The van der Waals surface area contributed by atoms with Crippen LogP contribution >= 0.6 is 0 Å². The van der Waals surface area contributed by atoms with Gasteiger partial charge in [0.1, 0.15) is 5.76 Å². The van der Waals surface area contributed by atoms with Crippen molar-refractivity contribution < 1.29 is 18.3 Å². The molecule has 0 aromatic rings. The first kappa shape index (κ1) is 10.7. The number of aryl methyl sites for hydroxylation is 1. The zero-order chi connectivity index (χ0) is 12.2. The second-order valence-electron chi connectivity index (χ2n) is 4.57. The first-order valence-corrected chi connectivity index (χ1v) is 5.52. The van der Waals surface area contributed by atoms with Crippen molar-refractivity contribution in [3.05, 3.63) is 35.6 Å². The summed E-state index contributed by atoms with van der Waals surface area (Å²) in [5.41, 5.74) is 2.15. The van der Waals surface area contributed by atoms with Crippen LogP contribution in [0.5, 0.6) is 0 Å². The van der Waals surface area contributed by atoms with Crippen LogP contribution in [0.3, 0.4) is 0 Å². The molecule has 1 N–H and O–H groups in total. The van der Waals surface area contributed by atoms with Crippen molar-refractivity contribution in [1.82, 2.24) is 0 Å². The Kier molecular flexibility index (Phi) is 2.08. The molecule has 0 radical (unpaired) electrons. The van der Waals surface area contributed by atoms with Crippen LogP contribution in [0.25, 0.3) is 11.3 Å². The van der Waals surface area contributed by atoms with E-state index in [1.807, 2.05) is 0 Å². The second kappa shape index (κ2) is 3.29. The van der Waals surface area contributed by atoms with Gasteiger partial charge in [-0.25, -0.2) is 8.78 Å². The molecule has 0 amide bonds. The summed E-state index contributed by atoms with van der Waals surface area (Å²) >= 11 is 0. The molecule has 2 unspecified atom stereocenters. The van der Waals surface area contributed by atoms with Gasteiger partial charge in [0, 0.05) is 5.56 Å². The Morgan fingerprint density at radius 3 is 2.88 bits per heavy atom. The highest BCUT2D eigenvalue weighted by molar-refractivity contribution is 5.71. The van der Waals surface area contributed by atoms with E-state index in [9.17, 15) is 8.78 Å². The van der Waals surface area contributed by atoms with E-state index >= 15 is 0 Å². The fourth-order valence-corrected chi connectivity index (χ4v) is 2.64. The summed E-state index contributed by atoms with van der Waals surface area (Å²) in [5, 5.41) is 8.97. The minimum Gasteiger partial charge on any atom is -0.464 e. The van der Waals surface area contributed by atoms with Crippen LogP contribution in [0.2, 0.25) is 0 Å². The summed E-state index contributed by atoms with van der Waals surface area (Å²) in [6, 6.07) is 5.25. The van der Waals surface area contributed by atoms with Gasteiger partial charge >= 0.3 is 0 Å². The van der Waals surface area contributed by atoms with Crippen LogP contribution in [0.15, 0.2) is 28.9 Å². The van der Waals surface area contributed by atoms with Gasteiger partial charge in [0.25, 0.3) is 5.92 Å². The van der Waals surface area contributed by atoms with E-state index in [1.165, 1.54) is 6.26 Å². The van der Waals surface area contributed by atoms with E-state index in [4.69, 9.17) is 9.52 Å². The largest absolute Gasteiger partial charge is 0.464 e. The van der Waals surface area contributed by atoms with Crippen LogP contribution in [-0.2, 0) is 0 Å². The zero-order valence-corrected chi connectivity index (χ0v) is 9.28. The molecule has 0 bridgehead atoms. The molecule has 4 heteroatoms. The number of fused-ring (bicyclic) bond motifs is 1. The highest BCUT2D eigenvalue weighted by Gasteiger charge is 2.69. The van der Waals surface area contributed by atoms with E-state index in [-0.39, 0.29) is 0 Å². The zero-order valence-electron chi connectivity index (χ0n) is 9.28. The van der Waals surface area contributed by atoms with Crippen molar-refractivity contribution in [2.24, 2.45) is 5.92 Å². The predicted molar refractivity (Wildman–Crippen MR) is 58.3 cm³/mol. The van der Waals surface area contributed by atoms with Crippen molar-refractivity contribution in [2.45, 2.75) is 18.8 Å². The Labute approximate surface area is 97.2 Å². The standard InChI is InChI=1S/C13H12F2O2/c1-7-5-10-8(3-2-4-17-10)11(7)12-9(6-16)13(12,14)15/h2-5,9,12,16H,6H2,1H3. The van der Waals surface area contributed by atoms with E-state index in [1.54, 1.807) is 25.1 Å². The maximum Gasteiger partial charge on any atom is 0.261 e. The summed E-state index contributed by atoms with van der Waals surface area (Å²) in [6.07, 6.45) is 1.53. The first-order chi connectivity index (χ1) is 8.07. The average Bonchev–Trinajstić information content (AvgIpc) is 2.67. The van der Waals surface area contributed by atoms with Gasteiger partial charge in [-0.05, 0) is 36.2 Å². The molecular weight excluding hydrogens is 226 g/mol. The van der Waals surface area contributed by atoms with Gasteiger partial charge in [0.15, 0.2) is 0 Å². The van der Waals surface area contributed by atoms with Gasteiger partial charge < -0.3 is 9.52 Å². The van der Waals surface area contributed by atoms with E-state index < -0.39 is 24.4 Å². The fraction of sp³-hybridized carbons (Fsp3) is 0.385. The molecule has 17 heavy (non-hydrogen) atoms. The summed E-state index contributed by atoms with van der Waals surface area (Å²) < 4.78 is 32.4. The number of rotatable bonds is 2. The molecule has 3 aliphatic rings. The van der Waals surface area contributed by atoms with Crippen LogP contribution < -0.4 is 0 Å². The lowest BCUT2D eigenvalue weighted by Crippen LogP contribution is -1.97. The lowest BCUT2D eigenvalue weighted by Gasteiger charge is -2.03. The van der Waals surface area contributed by atoms with E-state index in [2.05, 4.69) is 0 Å². The number of aliphatic hydroxyl groups excluding tert-OH is 1. The van der Waals surface area contributed by atoms with Crippen molar-refractivity contribution in [2.75, 3.05) is 6.61 Å². The number of hydrogen-bond acceptors (Lipinski definition) is 2. The number of alkyl halides is 2. The SMILES string of the molecule is Cc1cc2occcc-2c1C1C(CO)C1(F)F. The summed E-state index contributed by atoms with van der Waals surface area (Å²) in [5.74, 6) is -4.00.